The first-order valence-electron chi connectivity index (χ1n) is 3.96. The lowest BCUT2D eigenvalue weighted by Gasteiger charge is -2.00. The third kappa shape index (κ3) is 1.30. The van der Waals surface area contributed by atoms with Gasteiger partial charge in [0.25, 0.3) is 0 Å². The molecule has 0 fully saturated rings. The van der Waals surface area contributed by atoms with E-state index in [1.165, 1.54) is 0 Å². The maximum Gasteiger partial charge on any atom is 0.137 e. The van der Waals surface area contributed by atoms with Crippen molar-refractivity contribution in [3.63, 3.8) is 0 Å². The van der Waals surface area contributed by atoms with E-state index in [2.05, 4.69) is 4.98 Å². The number of rotatable bonds is 1. The van der Waals surface area contributed by atoms with Crippen molar-refractivity contribution in [2.24, 2.45) is 0 Å². The van der Waals surface area contributed by atoms with E-state index in [0.29, 0.717) is 10.7 Å². The van der Waals surface area contributed by atoms with Crippen LogP contribution >= 0.6 is 11.6 Å². The molecule has 0 saturated heterocycles. The van der Waals surface area contributed by atoms with Gasteiger partial charge in [0.1, 0.15) is 5.65 Å². The molecule has 0 aliphatic rings. The predicted octanol–water partition coefficient (Wildman–Crippen LogP) is 1.79. The minimum atomic E-state index is -0.0429. The molecule has 0 unspecified atom stereocenters. The Bertz CT molecular complexity index is 450. The molecule has 3 nitrogen and oxygen atoms in total. The monoisotopic (exact) mass is 196 g/mol. The van der Waals surface area contributed by atoms with Crippen LogP contribution in [-0.4, -0.2) is 14.5 Å². The summed E-state index contributed by atoms with van der Waals surface area (Å²) in [5.74, 6) is 0. The number of fused-ring (bicyclic) bond motifs is 1. The molecular weight excluding hydrogens is 188 g/mol. The Morgan fingerprint density at radius 2 is 2.31 bits per heavy atom. The van der Waals surface area contributed by atoms with Crippen LogP contribution in [-0.2, 0) is 6.61 Å². The lowest BCUT2D eigenvalue weighted by molar-refractivity contribution is 0.277. The molecule has 0 aromatic carbocycles. The summed E-state index contributed by atoms with van der Waals surface area (Å²) in [6.07, 6.45) is 1.79. The third-order valence-corrected chi connectivity index (χ3v) is 2.43. The van der Waals surface area contributed by atoms with Crippen LogP contribution in [0, 0.1) is 6.92 Å². The van der Waals surface area contributed by atoms with Gasteiger partial charge in [-0.25, -0.2) is 4.98 Å². The van der Waals surface area contributed by atoms with E-state index in [1.54, 1.807) is 12.3 Å². The molecule has 0 saturated carbocycles. The first-order chi connectivity index (χ1) is 6.22. The van der Waals surface area contributed by atoms with Gasteiger partial charge in [-0.15, -0.1) is 0 Å². The maximum atomic E-state index is 8.89. The van der Waals surface area contributed by atoms with Crippen LogP contribution in [0.4, 0.5) is 0 Å². The van der Waals surface area contributed by atoms with Crippen molar-refractivity contribution in [2.45, 2.75) is 13.5 Å². The Balaban J connectivity index is 2.76. The average molecular weight is 197 g/mol. The topological polar surface area (TPSA) is 37.5 Å². The second-order valence-corrected chi connectivity index (χ2v) is 3.29. The van der Waals surface area contributed by atoms with Crippen LogP contribution in [0.1, 0.15) is 11.4 Å². The van der Waals surface area contributed by atoms with E-state index in [9.17, 15) is 0 Å². The minimum absolute atomic E-state index is 0.0429. The number of halogens is 1. The highest BCUT2D eigenvalue weighted by atomic mass is 35.5. The molecule has 0 atom stereocenters. The summed E-state index contributed by atoms with van der Waals surface area (Å²) >= 11 is 5.93. The summed E-state index contributed by atoms with van der Waals surface area (Å²) in [5, 5.41) is 9.59. The zero-order chi connectivity index (χ0) is 9.42. The number of aryl methyl sites for hydroxylation is 1. The molecule has 0 aliphatic carbocycles. The number of hydrogen-bond acceptors (Lipinski definition) is 2. The fourth-order valence-corrected chi connectivity index (χ4v) is 1.44. The Kier molecular flexibility index (Phi) is 1.98. The first-order valence-corrected chi connectivity index (χ1v) is 4.34. The van der Waals surface area contributed by atoms with E-state index < -0.39 is 0 Å². The highest BCUT2D eigenvalue weighted by Gasteiger charge is 2.04. The molecular formula is C9H9ClN2O. The number of imidazole rings is 1. The molecule has 2 rings (SSSR count). The van der Waals surface area contributed by atoms with Gasteiger partial charge in [0, 0.05) is 11.9 Å². The van der Waals surface area contributed by atoms with Crippen LogP contribution in [0.3, 0.4) is 0 Å². The van der Waals surface area contributed by atoms with E-state index in [1.807, 2.05) is 17.4 Å². The normalized spacial score (nSPS) is 11.0. The summed E-state index contributed by atoms with van der Waals surface area (Å²) in [7, 11) is 0. The van der Waals surface area contributed by atoms with Crippen LogP contribution in [0.15, 0.2) is 18.3 Å². The van der Waals surface area contributed by atoms with E-state index in [-0.39, 0.29) is 6.61 Å². The van der Waals surface area contributed by atoms with Gasteiger partial charge in [-0.2, -0.15) is 0 Å². The van der Waals surface area contributed by atoms with Crippen molar-refractivity contribution in [3.05, 3.63) is 34.7 Å². The Morgan fingerprint density at radius 1 is 1.54 bits per heavy atom. The standard InChI is InChI=1S/C9H9ClN2O/c1-6-8(10)2-3-9-11-7(5-13)4-12(6)9/h2-4,13H,5H2,1H3. The van der Waals surface area contributed by atoms with Gasteiger partial charge in [-0.1, -0.05) is 11.6 Å². The smallest absolute Gasteiger partial charge is 0.137 e. The van der Waals surface area contributed by atoms with E-state index in [4.69, 9.17) is 16.7 Å². The second-order valence-electron chi connectivity index (χ2n) is 2.89. The van der Waals surface area contributed by atoms with Crippen LogP contribution < -0.4 is 0 Å². The quantitative estimate of drug-likeness (QED) is 0.755. The van der Waals surface area contributed by atoms with Crippen molar-refractivity contribution in [1.82, 2.24) is 9.38 Å². The number of aliphatic hydroxyl groups is 1. The van der Waals surface area contributed by atoms with Gasteiger partial charge in [-0.05, 0) is 19.1 Å². The lowest BCUT2D eigenvalue weighted by Crippen LogP contribution is -1.89. The highest BCUT2D eigenvalue weighted by molar-refractivity contribution is 6.31. The molecule has 0 bridgehead atoms. The van der Waals surface area contributed by atoms with Gasteiger partial charge in [0.05, 0.1) is 17.3 Å². The molecule has 68 valence electrons. The van der Waals surface area contributed by atoms with Crippen LogP contribution in [0.5, 0.6) is 0 Å². The highest BCUT2D eigenvalue weighted by Crippen LogP contribution is 2.17. The number of aliphatic hydroxyl groups excluding tert-OH is 1. The number of hydrogen-bond donors (Lipinski definition) is 1. The molecule has 0 spiro atoms. The second kappa shape index (κ2) is 3.01. The molecule has 0 aliphatic heterocycles. The molecule has 13 heavy (non-hydrogen) atoms. The molecule has 2 heterocycles. The number of aromatic nitrogens is 2. The first kappa shape index (κ1) is 8.53. The Morgan fingerprint density at radius 3 is 3.00 bits per heavy atom. The van der Waals surface area contributed by atoms with Gasteiger partial charge >= 0.3 is 0 Å². The zero-order valence-corrected chi connectivity index (χ0v) is 7.91. The molecule has 2 aromatic rings. The Labute approximate surface area is 80.6 Å². The van der Waals surface area contributed by atoms with Crippen molar-refractivity contribution >= 4 is 17.2 Å². The fraction of sp³-hybridized carbons (Fsp3) is 0.222. The van der Waals surface area contributed by atoms with Gasteiger partial charge in [0.2, 0.25) is 0 Å². The van der Waals surface area contributed by atoms with Crippen LogP contribution in [0.2, 0.25) is 5.02 Å². The number of pyridine rings is 1. The van der Waals surface area contributed by atoms with Gasteiger partial charge in [0.15, 0.2) is 0 Å². The van der Waals surface area contributed by atoms with E-state index in [0.717, 1.165) is 11.3 Å². The zero-order valence-electron chi connectivity index (χ0n) is 7.16. The van der Waals surface area contributed by atoms with Crippen LogP contribution in [0.25, 0.3) is 5.65 Å². The summed E-state index contributed by atoms with van der Waals surface area (Å²) in [6, 6.07) is 3.63. The molecule has 0 radical (unpaired) electrons. The lowest BCUT2D eigenvalue weighted by atomic mass is 10.4. The maximum absolute atomic E-state index is 8.89. The van der Waals surface area contributed by atoms with Crippen molar-refractivity contribution < 1.29 is 5.11 Å². The third-order valence-electron chi connectivity index (χ3n) is 2.03. The fourth-order valence-electron chi connectivity index (χ4n) is 1.29. The van der Waals surface area contributed by atoms with E-state index >= 15 is 0 Å². The summed E-state index contributed by atoms with van der Waals surface area (Å²) < 4.78 is 1.87. The summed E-state index contributed by atoms with van der Waals surface area (Å²) in [6.45, 7) is 1.87. The molecule has 2 aromatic heterocycles. The SMILES string of the molecule is Cc1c(Cl)ccc2nc(CO)cn12. The van der Waals surface area contributed by atoms with Gasteiger partial charge < -0.3 is 9.51 Å². The van der Waals surface area contributed by atoms with Crippen molar-refractivity contribution in [2.75, 3.05) is 0 Å². The predicted molar refractivity (Wildman–Crippen MR) is 50.9 cm³/mol. The molecule has 0 amide bonds. The molecule has 1 N–H and O–H groups in total. The minimum Gasteiger partial charge on any atom is -0.390 e. The largest absolute Gasteiger partial charge is 0.390 e. The summed E-state index contributed by atoms with van der Waals surface area (Å²) in [5.41, 5.74) is 2.41. The number of nitrogens with zero attached hydrogens (tertiary/aromatic N) is 2. The Hall–Kier alpha value is -1.06. The van der Waals surface area contributed by atoms with Gasteiger partial charge in [-0.3, -0.25) is 0 Å². The summed E-state index contributed by atoms with van der Waals surface area (Å²) in [4.78, 5) is 4.19. The van der Waals surface area contributed by atoms with Crippen molar-refractivity contribution in [3.8, 4) is 0 Å². The van der Waals surface area contributed by atoms with Crippen molar-refractivity contribution in [1.29, 1.82) is 0 Å². The average Bonchev–Trinajstić information content (AvgIpc) is 2.55. The molecule has 4 heteroatoms.